The van der Waals surface area contributed by atoms with E-state index in [1.807, 2.05) is 20.8 Å². The van der Waals surface area contributed by atoms with Crippen LogP contribution in [-0.4, -0.2) is 21.9 Å². The highest BCUT2D eigenvalue weighted by molar-refractivity contribution is 7.20. The highest BCUT2D eigenvalue weighted by Gasteiger charge is 2.61. The standard InChI is InChI=1S/C20H27N3OS/c1-10-15-11(2)21-12(3)22-18(15)25-16(10)17(24)23-14-9-13-7-8-20(14,6)19(13,4)5/h13-14H,7-9H2,1-6H3,(H,23,24). The van der Waals surface area contributed by atoms with E-state index in [-0.39, 0.29) is 17.4 Å². The van der Waals surface area contributed by atoms with Crippen molar-refractivity contribution in [1.29, 1.82) is 0 Å². The van der Waals surface area contributed by atoms with E-state index in [1.165, 1.54) is 24.2 Å². The lowest BCUT2D eigenvalue weighted by Crippen LogP contribution is -2.46. The zero-order valence-electron chi connectivity index (χ0n) is 16.0. The Morgan fingerprint density at radius 1 is 1.20 bits per heavy atom. The zero-order valence-corrected chi connectivity index (χ0v) is 16.8. The van der Waals surface area contributed by atoms with Crippen LogP contribution in [0.5, 0.6) is 0 Å². The number of carbonyl (C=O) groups is 1. The molecule has 3 atom stereocenters. The van der Waals surface area contributed by atoms with Crippen molar-refractivity contribution in [3.8, 4) is 0 Å². The molecule has 1 amide bonds. The van der Waals surface area contributed by atoms with Crippen LogP contribution in [0.1, 0.15) is 66.8 Å². The molecule has 0 aromatic carbocycles. The first-order valence-corrected chi connectivity index (χ1v) is 10.0. The number of aryl methyl sites for hydroxylation is 3. The average molecular weight is 358 g/mol. The molecule has 2 bridgehead atoms. The van der Waals surface area contributed by atoms with Crippen molar-refractivity contribution < 1.29 is 4.79 Å². The van der Waals surface area contributed by atoms with Crippen molar-refractivity contribution in [2.24, 2.45) is 16.7 Å². The van der Waals surface area contributed by atoms with Gasteiger partial charge in [-0.2, -0.15) is 0 Å². The van der Waals surface area contributed by atoms with Crippen LogP contribution in [0, 0.1) is 37.5 Å². The minimum Gasteiger partial charge on any atom is -0.348 e. The zero-order chi connectivity index (χ0) is 18.1. The molecule has 0 aliphatic heterocycles. The summed E-state index contributed by atoms with van der Waals surface area (Å²) in [5.74, 6) is 1.55. The van der Waals surface area contributed by atoms with Gasteiger partial charge in [-0.15, -0.1) is 11.3 Å². The van der Waals surface area contributed by atoms with Crippen LogP contribution in [0.3, 0.4) is 0 Å². The molecule has 5 heteroatoms. The van der Waals surface area contributed by atoms with Crippen molar-refractivity contribution in [1.82, 2.24) is 15.3 Å². The van der Waals surface area contributed by atoms with Gasteiger partial charge < -0.3 is 5.32 Å². The predicted octanol–water partition coefficient (Wildman–Crippen LogP) is 4.56. The van der Waals surface area contributed by atoms with E-state index in [0.29, 0.717) is 5.41 Å². The summed E-state index contributed by atoms with van der Waals surface area (Å²) in [5.41, 5.74) is 2.48. The largest absolute Gasteiger partial charge is 0.348 e. The summed E-state index contributed by atoms with van der Waals surface area (Å²) in [5, 5.41) is 4.42. The van der Waals surface area contributed by atoms with Gasteiger partial charge in [-0.05, 0) is 62.3 Å². The van der Waals surface area contributed by atoms with Crippen molar-refractivity contribution in [3.05, 3.63) is 22.0 Å². The molecule has 2 aliphatic rings. The Morgan fingerprint density at radius 2 is 1.92 bits per heavy atom. The normalized spacial score (nSPS) is 30.2. The fourth-order valence-electron chi connectivity index (χ4n) is 5.34. The Kier molecular flexibility index (Phi) is 3.56. The van der Waals surface area contributed by atoms with Crippen LogP contribution in [0.25, 0.3) is 10.2 Å². The topological polar surface area (TPSA) is 54.9 Å². The van der Waals surface area contributed by atoms with Gasteiger partial charge in [0, 0.05) is 17.1 Å². The summed E-state index contributed by atoms with van der Waals surface area (Å²) >= 11 is 1.50. The molecule has 0 spiro atoms. The van der Waals surface area contributed by atoms with E-state index >= 15 is 0 Å². The minimum absolute atomic E-state index is 0.0622. The SMILES string of the molecule is Cc1nc(C)c2c(C)c(C(=O)NC3CC4CCC3(C)C4(C)C)sc2n1. The number of fused-ring (bicyclic) bond motifs is 3. The first kappa shape index (κ1) is 17.0. The molecule has 2 aromatic heterocycles. The molecule has 2 fully saturated rings. The molecule has 0 radical (unpaired) electrons. The number of aromatic nitrogens is 2. The summed E-state index contributed by atoms with van der Waals surface area (Å²) < 4.78 is 0. The molecule has 3 unspecified atom stereocenters. The fraction of sp³-hybridized carbons (Fsp3) is 0.650. The van der Waals surface area contributed by atoms with E-state index in [9.17, 15) is 4.79 Å². The lowest BCUT2D eigenvalue weighted by molar-refractivity contribution is 0.0829. The summed E-state index contributed by atoms with van der Waals surface area (Å²) in [6.45, 7) is 13.0. The van der Waals surface area contributed by atoms with E-state index < -0.39 is 0 Å². The molecule has 2 aromatic rings. The molecule has 134 valence electrons. The lowest BCUT2D eigenvalue weighted by atomic mass is 9.69. The molecular formula is C20H27N3OS. The fourth-order valence-corrected chi connectivity index (χ4v) is 6.52. The van der Waals surface area contributed by atoms with Crippen molar-refractivity contribution in [2.45, 2.75) is 66.8 Å². The summed E-state index contributed by atoms with van der Waals surface area (Å²) in [6, 6.07) is 0.271. The maximum atomic E-state index is 13.1. The Bertz CT molecular complexity index is 885. The number of hydrogen-bond acceptors (Lipinski definition) is 4. The van der Waals surface area contributed by atoms with Gasteiger partial charge in [-0.3, -0.25) is 4.79 Å². The highest BCUT2D eigenvalue weighted by atomic mass is 32.1. The predicted molar refractivity (Wildman–Crippen MR) is 102 cm³/mol. The van der Waals surface area contributed by atoms with Crippen molar-refractivity contribution in [2.75, 3.05) is 0 Å². The minimum atomic E-state index is 0.0622. The van der Waals surface area contributed by atoms with Crippen LogP contribution in [0.2, 0.25) is 0 Å². The quantitative estimate of drug-likeness (QED) is 0.857. The third kappa shape index (κ3) is 2.21. The Hall–Kier alpha value is -1.49. The highest BCUT2D eigenvalue weighted by Crippen LogP contribution is 2.65. The second-order valence-corrected chi connectivity index (χ2v) is 9.73. The number of rotatable bonds is 2. The molecule has 2 aliphatic carbocycles. The number of amides is 1. The molecule has 1 N–H and O–H groups in total. The molecule has 4 nitrogen and oxygen atoms in total. The third-order valence-electron chi connectivity index (χ3n) is 7.39. The number of carbonyl (C=O) groups excluding carboxylic acids is 1. The second kappa shape index (κ2) is 5.26. The van der Waals surface area contributed by atoms with Crippen LogP contribution >= 0.6 is 11.3 Å². The maximum Gasteiger partial charge on any atom is 0.261 e. The van der Waals surface area contributed by atoms with Gasteiger partial charge in [0.25, 0.3) is 5.91 Å². The Morgan fingerprint density at radius 3 is 2.52 bits per heavy atom. The number of nitrogens with zero attached hydrogens (tertiary/aromatic N) is 2. The third-order valence-corrected chi connectivity index (χ3v) is 8.57. The molecule has 2 saturated carbocycles. The summed E-state index contributed by atoms with van der Waals surface area (Å²) in [4.78, 5) is 23.8. The molecule has 2 heterocycles. The smallest absolute Gasteiger partial charge is 0.261 e. The summed E-state index contributed by atoms with van der Waals surface area (Å²) in [6.07, 6.45) is 3.62. The van der Waals surface area contributed by atoms with E-state index in [4.69, 9.17) is 0 Å². The van der Waals surface area contributed by atoms with E-state index in [2.05, 4.69) is 36.1 Å². The first-order valence-electron chi connectivity index (χ1n) is 9.20. The summed E-state index contributed by atoms with van der Waals surface area (Å²) in [7, 11) is 0. The number of hydrogen-bond donors (Lipinski definition) is 1. The Labute approximate surface area is 153 Å². The second-order valence-electron chi connectivity index (χ2n) is 8.73. The van der Waals surface area contributed by atoms with Crippen LogP contribution < -0.4 is 5.32 Å². The average Bonchev–Trinajstić information content (AvgIpc) is 3.02. The van der Waals surface area contributed by atoms with Gasteiger partial charge in [0.1, 0.15) is 10.7 Å². The van der Waals surface area contributed by atoms with E-state index in [1.54, 1.807) is 0 Å². The first-order chi connectivity index (χ1) is 11.6. The molecule has 0 saturated heterocycles. The molecule has 25 heavy (non-hydrogen) atoms. The van der Waals surface area contributed by atoms with Crippen LogP contribution in [0.15, 0.2) is 0 Å². The van der Waals surface area contributed by atoms with Gasteiger partial charge in [0.15, 0.2) is 0 Å². The molecular weight excluding hydrogens is 330 g/mol. The van der Waals surface area contributed by atoms with Crippen LogP contribution in [-0.2, 0) is 0 Å². The van der Waals surface area contributed by atoms with Gasteiger partial charge >= 0.3 is 0 Å². The maximum absolute atomic E-state index is 13.1. The van der Waals surface area contributed by atoms with Gasteiger partial charge in [0.2, 0.25) is 0 Å². The van der Waals surface area contributed by atoms with Crippen molar-refractivity contribution in [3.63, 3.8) is 0 Å². The van der Waals surface area contributed by atoms with Crippen molar-refractivity contribution >= 4 is 27.5 Å². The van der Waals surface area contributed by atoms with Crippen LogP contribution in [0.4, 0.5) is 0 Å². The lowest BCUT2D eigenvalue weighted by Gasteiger charge is -2.39. The Balaban J connectivity index is 1.66. The van der Waals surface area contributed by atoms with Gasteiger partial charge in [-0.1, -0.05) is 20.8 Å². The van der Waals surface area contributed by atoms with E-state index in [0.717, 1.165) is 44.5 Å². The van der Waals surface area contributed by atoms with Gasteiger partial charge in [-0.25, -0.2) is 9.97 Å². The van der Waals surface area contributed by atoms with Gasteiger partial charge in [0.05, 0.1) is 4.88 Å². The number of nitrogens with one attached hydrogen (secondary N) is 1. The molecule has 4 rings (SSSR count). The monoisotopic (exact) mass is 357 g/mol. The number of thiophene rings is 1.